The number of benzene rings is 3. The summed E-state index contributed by atoms with van der Waals surface area (Å²) in [5, 5.41) is 4.39. The van der Waals surface area contributed by atoms with Gasteiger partial charge in [0.15, 0.2) is 5.82 Å². The van der Waals surface area contributed by atoms with Crippen molar-refractivity contribution in [3.63, 3.8) is 0 Å². The summed E-state index contributed by atoms with van der Waals surface area (Å²) in [5.41, 5.74) is 3.85. The summed E-state index contributed by atoms with van der Waals surface area (Å²) in [6.45, 7) is 1.10. The SMILES string of the molecule is COc1cccc(-c2ccc3nc(-c4cccnc4)nc(NCCOc4ccccc4)c3c2)c1. The van der Waals surface area contributed by atoms with Gasteiger partial charge in [0.2, 0.25) is 0 Å². The van der Waals surface area contributed by atoms with E-state index in [4.69, 9.17) is 19.4 Å². The molecular formula is C28H24N4O2. The Hall–Kier alpha value is -4.45. The van der Waals surface area contributed by atoms with Gasteiger partial charge >= 0.3 is 0 Å². The summed E-state index contributed by atoms with van der Waals surface area (Å²) >= 11 is 0. The largest absolute Gasteiger partial charge is 0.497 e. The van der Waals surface area contributed by atoms with Crippen LogP contribution in [0.1, 0.15) is 0 Å². The Labute approximate surface area is 198 Å². The number of pyridine rings is 1. The molecule has 2 aromatic heterocycles. The van der Waals surface area contributed by atoms with Crippen molar-refractivity contribution < 1.29 is 9.47 Å². The molecule has 5 aromatic rings. The van der Waals surface area contributed by atoms with Crippen molar-refractivity contribution in [1.82, 2.24) is 15.0 Å². The number of nitrogens with one attached hydrogen (secondary N) is 1. The maximum absolute atomic E-state index is 5.84. The predicted molar refractivity (Wildman–Crippen MR) is 135 cm³/mol. The third-order valence-electron chi connectivity index (χ3n) is 5.42. The first kappa shape index (κ1) is 21.4. The Morgan fingerprint density at radius 1 is 0.765 bits per heavy atom. The minimum absolute atomic E-state index is 0.507. The van der Waals surface area contributed by atoms with Crippen LogP contribution >= 0.6 is 0 Å². The lowest BCUT2D eigenvalue weighted by molar-refractivity contribution is 0.333. The molecule has 0 bridgehead atoms. The van der Waals surface area contributed by atoms with Crippen LogP contribution in [0.15, 0.2) is 97.3 Å². The van der Waals surface area contributed by atoms with Crippen LogP contribution in [0.25, 0.3) is 33.4 Å². The second kappa shape index (κ2) is 10.0. The summed E-state index contributed by atoms with van der Waals surface area (Å²) < 4.78 is 11.2. The van der Waals surface area contributed by atoms with Crippen molar-refractivity contribution >= 4 is 16.7 Å². The minimum Gasteiger partial charge on any atom is -0.497 e. The van der Waals surface area contributed by atoms with E-state index in [0.29, 0.717) is 19.0 Å². The number of anilines is 1. The Morgan fingerprint density at radius 2 is 1.59 bits per heavy atom. The number of para-hydroxylation sites is 1. The maximum atomic E-state index is 5.84. The number of fused-ring (bicyclic) bond motifs is 1. The van der Waals surface area contributed by atoms with Crippen LogP contribution in [-0.4, -0.2) is 35.2 Å². The Kier molecular flexibility index (Phi) is 6.29. The minimum atomic E-state index is 0.507. The fourth-order valence-corrected chi connectivity index (χ4v) is 3.72. The smallest absolute Gasteiger partial charge is 0.163 e. The number of aromatic nitrogens is 3. The first-order valence-electron chi connectivity index (χ1n) is 11.1. The molecule has 0 aliphatic heterocycles. The van der Waals surface area contributed by atoms with Crippen molar-refractivity contribution in [3.8, 4) is 34.0 Å². The molecule has 0 atom stereocenters. The molecule has 0 spiro atoms. The maximum Gasteiger partial charge on any atom is 0.163 e. The number of hydrogen-bond donors (Lipinski definition) is 1. The van der Waals surface area contributed by atoms with E-state index in [2.05, 4.69) is 28.5 Å². The quantitative estimate of drug-likeness (QED) is 0.300. The van der Waals surface area contributed by atoms with Crippen LogP contribution in [-0.2, 0) is 0 Å². The second-order valence-corrected chi connectivity index (χ2v) is 7.69. The molecule has 5 rings (SSSR count). The van der Waals surface area contributed by atoms with E-state index < -0.39 is 0 Å². The lowest BCUT2D eigenvalue weighted by atomic mass is 10.0. The summed E-state index contributed by atoms with van der Waals surface area (Å²) in [4.78, 5) is 13.9. The molecule has 3 aromatic carbocycles. The summed E-state index contributed by atoms with van der Waals surface area (Å²) in [5.74, 6) is 3.04. The average molecular weight is 449 g/mol. The summed E-state index contributed by atoms with van der Waals surface area (Å²) in [6, 6.07) is 27.8. The lowest BCUT2D eigenvalue weighted by Crippen LogP contribution is -2.13. The average Bonchev–Trinajstić information content (AvgIpc) is 2.91. The molecule has 6 nitrogen and oxygen atoms in total. The second-order valence-electron chi connectivity index (χ2n) is 7.69. The highest BCUT2D eigenvalue weighted by atomic mass is 16.5. The van der Waals surface area contributed by atoms with Gasteiger partial charge in [-0.1, -0.05) is 36.4 Å². The molecule has 0 aliphatic carbocycles. The van der Waals surface area contributed by atoms with Crippen molar-refractivity contribution in [2.24, 2.45) is 0 Å². The molecule has 1 N–H and O–H groups in total. The topological polar surface area (TPSA) is 69.2 Å². The fourth-order valence-electron chi connectivity index (χ4n) is 3.72. The number of hydrogen-bond acceptors (Lipinski definition) is 6. The van der Waals surface area contributed by atoms with Crippen molar-refractivity contribution in [2.75, 3.05) is 25.6 Å². The van der Waals surface area contributed by atoms with Gasteiger partial charge in [-0.3, -0.25) is 4.98 Å². The van der Waals surface area contributed by atoms with Crippen molar-refractivity contribution in [3.05, 3.63) is 97.3 Å². The molecule has 0 fully saturated rings. The molecule has 0 saturated carbocycles. The zero-order valence-corrected chi connectivity index (χ0v) is 18.8. The predicted octanol–water partition coefficient (Wildman–Crippen LogP) is 5.86. The van der Waals surface area contributed by atoms with Gasteiger partial charge in [0.1, 0.15) is 23.9 Å². The van der Waals surface area contributed by atoms with Crippen LogP contribution in [0.5, 0.6) is 11.5 Å². The van der Waals surface area contributed by atoms with Gasteiger partial charge in [0.05, 0.1) is 19.2 Å². The number of methoxy groups -OCH3 is 1. The van der Waals surface area contributed by atoms with Crippen LogP contribution in [0.2, 0.25) is 0 Å². The molecule has 2 heterocycles. The van der Waals surface area contributed by atoms with E-state index in [1.54, 1.807) is 19.5 Å². The van der Waals surface area contributed by atoms with E-state index in [1.807, 2.05) is 66.7 Å². The molecule has 0 saturated heterocycles. The molecular weight excluding hydrogens is 424 g/mol. The number of rotatable bonds is 8. The van der Waals surface area contributed by atoms with E-state index in [1.165, 1.54) is 0 Å². The number of nitrogens with zero attached hydrogens (tertiary/aromatic N) is 3. The van der Waals surface area contributed by atoms with Gasteiger partial charge in [-0.25, -0.2) is 9.97 Å². The van der Waals surface area contributed by atoms with Crippen LogP contribution < -0.4 is 14.8 Å². The highest BCUT2D eigenvalue weighted by Gasteiger charge is 2.11. The van der Waals surface area contributed by atoms with Gasteiger partial charge in [-0.15, -0.1) is 0 Å². The normalized spacial score (nSPS) is 10.7. The zero-order valence-electron chi connectivity index (χ0n) is 18.8. The van der Waals surface area contributed by atoms with Gasteiger partial charge in [-0.05, 0) is 59.7 Å². The highest BCUT2D eigenvalue weighted by molar-refractivity contribution is 5.94. The molecule has 0 aliphatic rings. The Bertz CT molecular complexity index is 1390. The van der Waals surface area contributed by atoms with E-state index in [-0.39, 0.29) is 0 Å². The van der Waals surface area contributed by atoms with E-state index in [9.17, 15) is 0 Å². The van der Waals surface area contributed by atoms with Crippen LogP contribution in [0, 0.1) is 0 Å². The molecule has 168 valence electrons. The number of ether oxygens (including phenoxy) is 2. The van der Waals surface area contributed by atoms with E-state index in [0.717, 1.165) is 44.9 Å². The molecule has 6 heteroatoms. The molecule has 0 unspecified atom stereocenters. The van der Waals surface area contributed by atoms with Gasteiger partial charge < -0.3 is 14.8 Å². The lowest BCUT2D eigenvalue weighted by Gasteiger charge is -2.13. The van der Waals surface area contributed by atoms with Gasteiger partial charge in [-0.2, -0.15) is 0 Å². The van der Waals surface area contributed by atoms with Crippen LogP contribution in [0.3, 0.4) is 0 Å². The van der Waals surface area contributed by atoms with Gasteiger partial charge in [0, 0.05) is 23.3 Å². The molecule has 0 radical (unpaired) electrons. The van der Waals surface area contributed by atoms with E-state index >= 15 is 0 Å². The zero-order chi connectivity index (χ0) is 23.2. The molecule has 0 amide bonds. The standard InChI is InChI=1S/C28H24N4O2/c1-33-24-11-5-7-20(17-24)21-12-13-26-25(18-21)28(30-15-16-34-23-9-3-2-4-10-23)32-27(31-26)22-8-6-14-29-19-22/h2-14,17-19H,15-16H2,1H3,(H,30,31,32). The third-order valence-corrected chi connectivity index (χ3v) is 5.42. The van der Waals surface area contributed by atoms with Crippen molar-refractivity contribution in [2.45, 2.75) is 0 Å². The first-order chi connectivity index (χ1) is 16.8. The van der Waals surface area contributed by atoms with Gasteiger partial charge in [0.25, 0.3) is 0 Å². The summed E-state index contributed by atoms with van der Waals surface area (Å²) in [6.07, 6.45) is 3.51. The Morgan fingerprint density at radius 3 is 2.41 bits per heavy atom. The molecule has 34 heavy (non-hydrogen) atoms. The van der Waals surface area contributed by atoms with Crippen molar-refractivity contribution in [1.29, 1.82) is 0 Å². The highest BCUT2D eigenvalue weighted by Crippen LogP contribution is 2.31. The van der Waals surface area contributed by atoms with Crippen LogP contribution in [0.4, 0.5) is 5.82 Å². The third kappa shape index (κ3) is 4.81. The summed E-state index contributed by atoms with van der Waals surface area (Å²) in [7, 11) is 1.67. The first-order valence-corrected chi connectivity index (χ1v) is 11.1. The monoisotopic (exact) mass is 448 g/mol. The Balaban J connectivity index is 1.48. The fraction of sp³-hybridized carbons (Fsp3) is 0.107.